The molecule has 9 N–H and O–H groups in total. The summed E-state index contributed by atoms with van der Waals surface area (Å²) in [6.07, 6.45) is -20.5. The summed E-state index contributed by atoms with van der Waals surface area (Å²) in [7, 11) is 0. The van der Waals surface area contributed by atoms with Crippen LogP contribution in [0.2, 0.25) is 0 Å². The Labute approximate surface area is 169 Å². The van der Waals surface area contributed by atoms with E-state index < -0.39 is 98.7 Å². The lowest BCUT2D eigenvalue weighted by Crippen LogP contribution is -2.64. The molecule has 0 radical (unpaired) electrons. The second kappa shape index (κ2) is 10.2. The van der Waals surface area contributed by atoms with Gasteiger partial charge in [-0.05, 0) is 0 Å². The molecule has 2 rings (SSSR count). The molecule has 2 fully saturated rings. The fraction of sp³-hybridized carbons (Fsp3) is 0.875. The average molecular weight is 442 g/mol. The van der Waals surface area contributed by atoms with Crippen molar-refractivity contribution in [3.63, 3.8) is 0 Å². The van der Waals surface area contributed by atoms with E-state index in [1.165, 1.54) is 0 Å². The first-order valence-electron chi connectivity index (χ1n) is 9.08. The Bertz CT molecular complexity index is 584. The lowest BCUT2D eigenvalue weighted by Gasteiger charge is -2.41. The molecule has 0 spiro atoms. The zero-order valence-electron chi connectivity index (χ0n) is 15.5. The minimum atomic E-state index is -1.88. The number of carbonyl (C=O) groups is 2. The third kappa shape index (κ3) is 5.42. The third-order valence-electron chi connectivity index (χ3n) is 4.97. The molecular formula is C16H26O14. The molecular weight excluding hydrogens is 416 g/mol. The average Bonchev–Trinajstić information content (AvgIpc) is 2.72. The monoisotopic (exact) mass is 442 g/mol. The van der Waals surface area contributed by atoms with Gasteiger partial charge in [-0.2, -0.15) is 0 Å². The molecule has 174 valence electrons. The van der Waals surface area contributed by atoms with Crippen LogP contribution in [0.4, 0.5) is 0 Å². The van der Waals surface area contributed by atoms with E-state index in [0.717, 1.165) is 0 Å². The summed E-state index contributed by atoms with van der Waals surface area (Å²) in [5.41, 5.74) is 0. The highest BCUT2D eigenvalue weighted by atomic mass is 16.7. The summed E-state index contributed by atoms with van der Waals surface area (Å²) < 4.78 is 14.4. The Hall–Kier alpha value is -1.46. The van der Waals surface area contributed by atoms with E-state index >= 15 is 0 Å². The zero-order chi connectivity index (χ0) is 22.7. The summed E-state index contributed by atoms with van der Waals surface area (Å²) in [4.78, 5) is 23.6. The van der Waals surface area contributed by atoms with E-state index in [1.807, 2.05) is 0 Å². The smallest absolute Gasteiger partial charge is 0.306 e. The highest BCUT2D eigenvalue weighted by Crippen LogP contribution is 2.24. The first-order chi connectivity index (χ1) is 14.0. The molecule has 5 unspecified atom stereocenters. The molecule has 11 atom stereocenters. The van der Waals surface area contributed by atoms with Gasteiger partial charge in [0.15, 0.2) is 12.4 Å². The number of aliphatic hydroxyl groups is 9. The quantitative estimate of drug-likeness (QED) is 0.174. The molecule has 1 aliphatic carbocycles. The molecule has 1 saturated carbocycles. The van der Waals surface area contributed by atoms with Crippen molar-refractivity contribution < 1.29 is 69.8 Å². The molecule has 30 heavy (non-hydrogen) atoms. The van der Waals surface area contributed by atoms with Gasteiger partial charge in [0, 0.05) is 0 Å². The van der Waals surface area contributed by atoms with Gasteiger partial charge in [-0.1, -0.05) is 0 Å². The summed E-state index contributed by atoms with van der Waals surface area (Å²) in [5.74, 6) is -2.05. The van der Waals surface area contributed by atoms with E-state index in [9.17, 15) is 55.5 Å². The van der Waals surface area contributed by atoms with E-state index in [2.05, 4.69) is 0 Å². The second-order valence-corrected chi connectivity index (χ2v) is 7.13. The van der Waals surface area contributed by atoms with Crippen molar-refractivity contribution in [3.05, 3.63) is 0 Å². The Kier molecular flexibility index (Phi) is 8.46. The van der Waals surface area contributed by atoms with Crippen molar-refractivity contribution >= 4 is 11.9 Å². The molecule has 14 heteroatoms. The van der Waals surface area contributed by atoms with Crippen molar-refractivity contribution in [2.45, 2.75) is 80.2 Å². The molecule has 2 aliphatic rings. The molecule has 0 aromatic heterocycles. The molecule has 1 heterocycles. The highest BCUT2D eigenvalue weighted by molar-refractivity contribution is 5.77. The van der Waals surface area contributed by atoms with E-state index in [0.29, 0.717) is 0 Å². The van der Waals surface area contributed by atoms with Crippen molar-refractivity contribution in [2.24, 2.45) is 0 Å². The molecule has 1 aliphatic heterocycles. The third-order valence-corrected chi connectivity index (χ3v) is 4.97. The Balaban J connectivity index is 1.77. The van der Waals surface area contributed by atoms with Gasteiger partial charge in [-0.25, -0.2) is 0 Å². The van der Waals surface area contributed by atoms with Crippen LogP contribution in [0, 0.1) is 0 Å². The number of hydrogen-bond donors (Lipinski definition) is 9. The maximum absolute atomic E-state index is 11.8. The summed E-state index contributed by atoms with van der Waals surface area (Å²) in [5, 5.41) is 86.2. The number of rotatable bonds is 6. The van der Waals surface area contributed by atoms with Gasteiger partial charge in [-0.15, -0.1) is 0 Å². The molecule has 0 amide bonds. The summed E-state index contributed by atoms with van der Waals surface area (Å²) in [6.45, 7) is -0.605. The molecule has 14 nitrogen and oxygen atoms in total. The van der Waals surface area contributed by atoms with Crippen LogP contribution in [0.5, 0.6) is 0 Å². The van der Waals surface area contributed by atoms with Gasteiger partial charge in [0.2, 0.25) is 0 Å². The van der Waals surface area contributed by atoms with E-state index in [4.69, 9.17) is 14.2 Å². The topological polar surface area (TPSA) is 244 Å². The van der Waals surface area contributed by atoms with Crippen molar-refractivity contribution in [1.82, 2.24) is 0 Å². The number of aliphatic hydroxyl groups excluding tert-OH is 9. The maximum Gasteiger partial charge on any atom is 0.306 e. The Morgan fingerprint density at radius 1 is 0.633 bits per heavy atom. The lowest BCUT2D eigenvalue weighted by atomic mass is 9.85. The number of hydrogen-bond acceptors (Lipinski definition) is 14. The van der Waals surface area contributed by atoms with Crippen LogP contribution in [0.25, 0.3) is 0 Å². The Morgan fingerprint density at radius 2 is 1.10 bits per heavy atom. The highest BCUT2D eigenvalue weighted by Gasteiger charge is 2.50. The molecule has 1 saturated heterocycles. The van der Waals surface area contributed by atoms with E-state index in [1.54, 1.807) is 0 Å². The second-order valence-electron chi connectivity index (χ2n) is 7.13. The van der Waals surface area contributed by atoms with Crippen LogP contribution < -0.4 is 0 Å². The SMILES string of the molecule is O=C(CCC(=O)O[C@@H]1C(O)C(O)[C@@H](O)[C@@H](O)C1O)OCC1O[C@@H](O)[C@@H](O)C(O)[C@@H]1O. The van der Waals surface area contributed by atoms with Crippen LogP contribution in [-0.4, -0.2) is 132 Å². The summed E-state index contributed by atoms with van der Waals surface area (Å²) >= 11 is 0. The van der Waals surface area contributed by atoms with Crippen LogP contribution in [0.1, 0.15) is 12.8 Å². The van der Waals surface area contributed by atoms with Gasteiger partial charge >= 0.3 is 11.9 Å². The number of carbonyl (C=O) groups excluding carboxylic acids is 2. The van der Waals surface area contributed by atoms with Gasteiger partial charge in [0.1, 0.15) is 61.5 Å². The normalized spacial score (nSPS) is 44.4. The summed E-state index contributed by atoms with van der Waals surface area (Å²) in [6, 6.07) is 0. The maximum atomic E-state index is 11.8. The molecule has 0 bridgehead atoms. The predicted molar refractivity (Wildman–Crippen MR) is 89.0 cm³/mol. The fourth-order valence-electron chi connectivity index (χ4n) is 3.07. The molecule has 0 aromatic carbocycles. The van der Waals surface area contributed by atoms with Gasteiger partial charge < -0.3 is 60.2 Å². The minimum absolute atomic E-state index is 0.540. The van der Waals surface area contributed by atoms with Crippen LogP contribution >= 0.6 is 0 Å². The molecule has 0 aromatic rings. The van der Waals surface area contributed by atoms with Gasteiger partial charge in [-0.3, -0.25) is 9.59 Å². The van der Waals surface area contributed by atoms with Crippen molar-refractivity contribution in [1.29, 1.82) is 0 Å². The van der Waals surface area contributed by atoms with E-state index in [-0.39, 0.29) is 0 Å². The van der Waals surface area contributed by atoms with Crippen molar-refractivity contribution in [2.75, 3.05) is 6.61 Å². The first-order valence-corrected chi connectivity index (χ1v) is 9.08. The fourth-order valence-corrected chi connectivity index (χ4v) is 3.07. The number of ether oxygens (including phenoxy) is 3. The zero-order valence-corrected chi connectivity index (χ0v) is 15.5. The Morgan fingerprint density at radius 3 is 1.67 bits per heavy atom. The lowest BCUT2D eigenvalue weighted by molar-refractivity contribution is -0.287. The van der Waals surface area contributed by atoms with Crippen LogP contribution in [0.15, 0.2) is 0 Å². The minimum Gasteiger partial charge on any atom is -0.463 e. The van der Waals surface area contributed by atoms with Gasteiger partial charge in [0.05, 0.1) is 12.8 Å². The predicted octanol–water partition coefficient (Wildman–Crippen LogP) is -6.16. The van der Waals surface area contributed by atoms with Crippen LogP contribution in [0.3, 0.4) is 0 Å². The standard InChI is InChI=1S/C16H26O14/c17-5(28-3-4-7(19)8(20)14(26)16(27)29-4)1-2-6(18)30-15-12(24)10(22)9(21)11(23)13(15)25/h4,7-16,19-27H,1-3H2/t4?,7-,8?,9-,10?,11-,12?,13?,14+,15-,16-/m1/s1. The largest absolute Gasteiger partial charge is 0.463 e. The van der Waals surface area contributed by atoms with Crippen molar-refractivity contribution in [3.8, 4) is 0 Å². The van der Waals surface area contributed by atoms with Crippen LogP contribution in [-0.2, 0) is 23.8 Å². The number of esters is 2. The first kappa shape index (κ1) is 24.8. The van der Waals surface area contributed by atoms with Gasteiger partial charge in [0.25, 0.3) is 0 Å².